The average molecular weight is 329 g/mol. The van der Waals surface area contributed by atoms with Crippen LogP contribution in [0.5, 0.6) is 0 Å². The number of nitrogens with zero attached hydrogens (tertiary/aromatic N) is 2. The average Bonchev–Trinajstić information content (AvgIpc) is 2.93. The van der Waals surface area contributed by atoms with Gasteiger partial charge in [-0.2, -0.15) is 0 Å². The monoisotopic (exact) mass is 329 g/mol. The van der Waals surface area contributed by atoms with Crippen LogP contribution in [0.2, 0.25) is 0 Å². The van der Waals surface area contributed by atoms with Crippen LogP contribution in [0.1, 0.15) is 32.9 Å². The van der Waals surface area contributed by atoms with Gasteiger partial charge in [0, 0.05) is 26.2 Å². The minimum absolute atomic E-state index is 0.148. The van der Waals surface area contributed by atoms with Gasteiger partial charge >= 0.3 is 0 Å². The van der Waals surface area contributed by atoms with Crippen LogP contribution < -0.4 is 5.32 Å². The maximum absolute atomic E-state index is 12.3. The molecule has 1 aromatic carbocycles. The van der Waals surface area contributed by atoms with E-state index >= 15 is 0 Å². The molecule has 0 atom stereocenters. The number of carbonyl (C=O) groups excluding carboxylic acids is 1. The molecule has 128 valence electrons. The number of benzene rings is 1. The summed E-state index contributed by atoms with van der Waals surface area (Å²) in [6, 6.07) is 8.32. The number of morpholine rings is 1. The van der Waals surface area contributed by atoms with Crippen molar-refractivity contribution in [2.45, 2.75) is 26.9 Å². The fraction of sp³-hybridized carbons (Fsp3) is 0.444. The summed E-state index contributed by atoms with van der Waals surface area (Å²) < 4.78 is 10.4. The fourth-order valence-corrected chi connectivity index (χ4v) is 2.93. The number of aromatic nitrogens is 1. The van der Waals surface area contributed by atoms with E-state index in [1.165, 1.54) is 5.56 Å². The molecular formula is C18H23N3O3. The van der Waals surface area contributed by atoms with Crippen molar-refractivity contribution in [3.8, 4) is 0 Å². The molecule has 0 spiro atoms. The van der Waals surface area contributed by atoms with Gasteiger partial charge in [-0.25, -0.2) is 0 Å². The van der Waals surface area contributed by atoms with Crippen molar-refractivity contribution < 1.29 is 14.1 Å². The Labute approximate surface area is 141 Å². The Morgan fingerprint density at radius 3 is 2.71 bits per heavy atom. The van der Waals surface area contributed by atoms with Crippen LogP contribution in [0.4, 0.5) is 0 Å². The maximum atomic E-state index is 12.3. The molecule has 2 heterocycles. The Balaban J connectivity index is 1.59. The molecule has 0 radical (unpaired) electrons. The predicted molar refractivity (Wildman–Crippen MR) is 89.7 cm³/mol. The van der Waals surface area contributed by atoms with Crippen LogP contribution in [0.25, 0.3) is 0 Å². The lowest BCUT2D eigenvalue weighted by Crippen LogP contribution is -2.35. The van der Waals surface area contributed by atoms with Gasteiger partial charge < -0.3 is 14.6 Å². The van der Waals surface area contributed by atoms with Gasteiger partial charge in [0.05, 0.1) is 18.9 Å². The van der Waals surface area contributed by atoms with E-state index < -0.39 is 0 Å². The van der Waals surface area contributed by atoms with Gasteiger partial charge in [-0.05, 0) is 25.0 Å². The van der Waals surface area contributed by atoms with Crippen molar-refractivity contribution >= 4 is 5.91 Å². The summed E-state index contributed by atoms with van der Waals surface area (Å²) in [6.07, 6.45) is 0. The lowest BCUT2D eigenvalue weighted by molar-refractivity contribution is 0.0342. The Hall–Kier alpha value is -2.18. The van der Waals surface area contributed by atoms with Crippen LogP contribution in [-0.4, -0.2) is 42.3 Å². The molecule has 24 heavy (non-hydrogen) atoms. The summed E-state index contributed by atoms with van der Waals surface area (Å²) in [4.78, 5) is 14.7. The molecule has 0 saturated carbocycles. The molecule has 6 heteroatoms. The minimum atomic E-state index is -0.148. The van der Waals surface area contributed by atoms with Gasteiger partial charge in [-0.1, -0.05) is 29.4 Å². The Kier molecular flexibility index (Phi) is 5.27. The first-order valence-corrected chi connectivity index (χ1v) is 8.22. The van der Waals surface area contributed by atoms with E-state index in [0.29, 0.717) is 23.6 Å². The van der Waals surface area contributed by atoms with Crippen molar-refractivity contribution in [3.63, 3.8) is 0 Å². The van der Waals surface area contributed by atoms with Crippen LogP contribution in [0.3, 0.4) is 0 Å². The van der Waals surface area contributed by atoms with E-state index in [0.717, 1.165) is 38.4 Å². The first kappa shape index (κ1) is 16.7. The topological polar surface area (TPSA) is 67.6 Å². The quantitative estimate of drug-likeness (QED) is 0.909. The van der Waals surface area contributed by atoms with Crippen molar-refractivity contribution in [2.24, 2.45) is 0 Å². The number of nitrogens with one attached hydrogen (secondary N) is 1. The molecule has 1 amide bonds. The molecule has 1 aromatic heterocycles. The Morgan fingerprint density at radius 1 is 1.25 bits per heavy atom. The number of carbonyl (C=O) groups is 1. The van der Waals surface area contributed by atoms with E-state index in [1.54, 1.807) is 13.8 Å². The van der Waals surface area contributed by atoms with Crippen molar-refractivity contribution in [3.05, 3.63) is 52.4 Å². The first-order chi connectivity index (χ1) is 11.6. The number of amides is 1. The highest BCUT2D eigenvalue weighted by molar-refractivity contribution is 5.96. The van der Waals surface area contributed by atoms with Gasteiger partial charge in [0.1, 0.15) is 11.3 Å². The second-order valence-corrected chi connectivity index (χ2v) is 6.09. The third-order valence-electron chi connectivity index (χ3n) is 4.21. The SMILES string of the molecule is Cc1noc(C)c1C(=O)NCc1cccc(CN2CCOCC2)c1. The van der Waals surface area contributed by atoms with E-state index in [2.05, 4.69) is 27.5 Å². The highest BCUT2D eigenvalue weighted by atomic mass is 16.5. The van der Waals surface area contributed by atoms with Crippen molar-refractivity contribution in [1.82, 2.24) is 15.4 Å². The summed E-state index contributed by atoms with van der Waals surface area (Å²) in [6.45, 7) is 8.45. The molecule has 0 bridgehead atoms. The molecule has 0 aliphatic carbocycles. The fourth-order valence-electron chi connectivity index (χ4n) is 2.93. The molecule has 1 aliphatic rings. The van der Waals surface area contributed by atoms with E-state index in [1.807, 2.05) is 12.1 Å². The number of aryl methyl sites for hydroxylation is 2. The number of hydrogen-bond acceptors (Lipinski definition) is 5. The number of hydrogen-bond donors (Lipinski definition) is 1. The van der Waals surface area contributed by atoms with Crippen LogP contribution in [-0.2, 0) is 17.8 Å². The first-order valence-electron chi connectivity index (χ1n) is 8.22. The summed E-state index contributed by atoms with van der Waals surface area (Å²) in [5.74, 6) is 0.399. The van der Waals surface area contributed by atoms with E-state index in [4.69, 9.17) is 9.26 Å². The molecule has 1 N–H and O–H groups in total. The van der Waals surface area contributed by atoms with Crippen LogP contribution in [0, 0.1) is 13.8 Å². The Bertz CT molecular complexity index is 686. The second kappa shape index (κ2) is 7.59. The Morgan fingerprint density at radius 2 is 2.00 bits per heavy atom. The second-order valence-electron chi connectivity index (χ2n) is 6.09. The molecule has 1 saturated heterocycles. The van der Waals surface area contributed by atoms with Crippen LogP contribution >= 0.6 is 0 Å². The summed E-state index contributed by atoms with van der Waals surface area (Å²) >= 11 is 0. The smallest absolute Gasteiger partial charge is 0.257 e. The van der Waals surface area contributed by atoms with Gasteiger partial charge in [-0.3, -0.25) is 9.69 Å². The lowest BCUT2D eigenvalue weighted by Gasteiger charge is -2.26. The van der Waals surface area contributed by atoms with Crippen molar-refractivity contribution in [1.29, 1.82) is 0 Å². The van der Waals surface area contributed by atoms with Gasteiger partial charge in [0.2, 0.25) is 0 Å². The molecule has 1 aliphatic heterocycles. The predicted octanol–water partition coefficient (Wildman–Crippen LogP) is 2.05. The molecular weight excluding hydrogens is 306 g/mol. The summed E-state index contributed by atoms with van der Waals surface area (Å²) in [5, 5.41) is 6.76. The third-order valence-corrected chi connectivity index (χ3v) is 4.21. The van der Waals surface area contributed by atoms with Crippen molar-refractivity contribution in [2.75, 3.05) is 26.3 Å². The number of rotatable bonds is 5. The van der Waals surface area contributed by atoms with E-state index in [9.17, 15) is 4.79 Å². The highest BCUT2D eigenvalue weighted by Gasteiger charge is 2.17. The molecule has 0 unspecified atom stereocenters. The largest absolute Gasteiger partial charge is 0.379 e. The molecule has 6 nitrogen and oxygen atoms in total. The molecule has 3 rings (SSSR count). The zero-order chi connectivity index (χ0) is 16.9. The highest BCUT2D eigenvalue weighted by Crippen LogP contribution is 2.13. The minimum Gasteiger partial charge on any atom is -0.379 e. The third kappa shape index (κ3) is 4.01. The zero-order valence-electron chi connectivity index (χ0n) is 14.2. The number of ether oxygens (including phenoxy) is 1. The standard InChI is InChI=1S/C18H23N3O3/c1-13-17(14(2)24-20-13)18(22)19-11-15-4-3-5-16(10-15)12-21-6-8-23-9-7-21/h3-5,10H,6-9,11-12H2,1-2H3,(H,19,22). The summed E-state index contributed by atoms with van der Waals surface area (Å²) in [5.41, 5.74) is 3.48. The molecule has 1 fully saturated rings. The van der Waals surface area contributed by atoms with E-state index in [-0.39, 0.29) is 5.91 Å². The lowest BCUT2D eigenvalue weighted by atomic mass is 10.1. The summed E-state index contributed by atoms with van der Waals surface area (Å²) in [7, 11) is 0. The molecule has 2 aromatic rings. The van der Waals surface area contributed by atoms with Gasteiger partial charge in [0.25, 0.3) is 5.91 Å². The maximum Gasteiger partial charge on any atom is 0.257 e. The zero-order valence-corrected chi connectivity index (χ0v) is 14.2. The van der Waals surface area contributed by atoms with Gasteiger partial charge in [0.15, 0.2) is 0 Å². The normalized spacial score (nSPS) is 15.4. The van der Waals surface area contributed by atoms with Gasteiger partial charge in [-0.15, -0.1) is 0 Å². The van der Waals surface area contributed by atoms with Crippen LogP contribution in [0.15, 0.2) is 28.8 Å².